The molecule has 0 N–H and O–H groups in total. The van der Waals surface area contributed by atoms with Crippen LogP contribution in [-0.2, 0) is 20.9 Å². The molecule has 0 bridgehead atoms. The first-order valence-corrected chi connectivity index (χ1v) is 9.70. The Morgan fingerprint density at radius 3 is 2.22 bits per heavy atom. The molecule has 0 atom stereocenters. The molecule has 0 aliphatic carbocycles. The van der Waals surface area contributed by atoms with Crippen molar-refractivity contribution in [2.45, 2.75) is 6.54 Å². The number of nitrogens with zero attached hydrogens (tertiary/aromatic N) is 4. The molecule has 2 heterocycles. The zero-order chi connectivity index (χ0) is 19.1. The monoisotopic (exact) mass is 374 g/mol. The van der Waals surface area contributed by atoms with Gasteiger partial charge in [0.05, 0.1) is 26.3 Å². The number of hydrogen-bond donors (Lipinski definition) is 0. The lowest BCUT2D eigenvalue weighted by atomic mass is 10.2. The number of rotatable bonds is 6. The van der Waals surface area contributed by atoms with E-state index in [4.69, 9.17) is 4.74 Å². The zero-order valence-corrected chi connectivity index (χ0v) is 16.2. The summed E-state index contributed by atoms with van der Waals surface area (Å²) < 4.78 is 5.33. The van der Waals surface area contributed by atoms with Crippen molar-refractivity contribution in [1.29, 1.82) is 0 Å². The van der Waals surface area contributed by atoms with Gasteiger partial charge in [0.1, 0.15) is 0 Å². The average molecular weight is 374 g/mol. The van der Waals surface area contributed by atoms with E-state index >= 15 is 0 Å². The van der Waals surface area contributed by atoms with Gasteiger partial charge in [0, 0.05) is 52.9 Å². The lowest BCUT2D eigenvalue weighted by Gasteiger charge is -2.36. The number of likely N-dealkylation sites (N-methyl/N-ethyl adjacent to an activating group) is 1. The summed E-state index contributed by atoms with van der Waals surface area (Å²) in [6.07, 6.45) is 0. The van der Waals surface area contributed by atoms with Crippen LogP contribution in [0.1, 0.15) is 5.56 Å². The average Bonchev–Trinajstić information content (AvgIpc) is 2.70. The molecular weight excluding hydrogens is 344 g/mol. The highest BCUT2D eigenvalue weighted by molar-refractivity contribution is 5.79. The molecular formula is C20H30N4O3. The Labute approximate surface area is 161 Å². The summed E-state index contributed by atoms with van der Waals surface area (Å²) in [6.45, 7) is 7.47. The number of benzene rings is 1. The lowest BCUT2D eigenvalue weighted by Crippen LogP contribution is -2.53. The molecule has 2 aliphatic rings. The summed E-state index contributed by atoms with van der Waals surface area (Å²) in [7, 11) is 1.84. The van der Waals surface area contributed by atoms with E-state index in [1.165, 1.54) is 0 Å². The summed E-state index contributed by atoms with van der Waals surface area (Å²) in [5.41, 5.74) is 1.13. The third kappa shape index (κ3) is 6.02. The Hall–Kier alpha value is -1.96. The van der Waals surface area contributed by atoms with Gasteiger partial charge in [-0.15, -0.1) is 0 Å². The topological polar surface area (TPSA) is 56.3 Å². The first kappa shape index (κ1) is 19.8. The molecule has 0 saturated carbocycles. The summed E-state index contributed by atoms with van der Waals surface area (Å²) in [5.74, 6) is 0.302. The Bertz CT molecular complexity index is 611. The lowest BCUT2D eigenvalue weighted by molar-refractivity contribution is -0.136. The van der Waals surface area contributed by atoms with Gasteiger partial charge in [-0.25, -0.2) is 0 Å². The quantitative estimate of drug-likeness (QED) is 0.708. The number of piperazine rings is 1. The maximum Gasteiger partial charge on any atom is 0.236 e. The van der Waals surface area contributed by atoms with Gasteiger partial charge in [0.2, 0.25) is 11.8 Å². The molecule has 7 heteroatoms. The van der Waals surface area contributed by atoms with Crippen LogP contribution in [0.2, 0.25) is 0 Å². The molecule has 0 radical (unpaired) electrons. The second-order valence-electron chi connectivity index (χ2n) is 7.28. The van der Waals surface area contributed by atoms with Crippen molar-refractivity contribution >= 4 is 11.8 Å². The standard InChI is InChI=1S/C20H30N4O3/c1-21(15-18-5-3-2-4-6-18)19(25)16-22-7-9-24(10-8-22)20(26)17-23-11-13-27-14-12-23/h2-6H,7-17H2,1H3. The molecule has 1 aromatic carbocycles. The van der Waals surface area contributed by atoms with Crippen LogP contribution in [-0.4, -0.2) is 104 Å². The van der Waals surface area contributed by atoms with Gasteiger partial charge in [-0.2, -0.15) is 0 Å². The van der Waals surface area contributed by atoms with Crippen molar-refractivity contribution in [3.05, 3.63) is 35.9 Å². The minimum absolute atomic E-state index is 0.118. The van der Waals surface area contributed by atoms with E-state index in [0.717, 1.165) is 31.7 Å². The maximum absolute atomic E-state index is 12.5. The normalized spacial score (nSPS) is 19.1. The molecule has 148 valence electrons. The van der Waals surface area contributed by atoms with E-state index in [1.807, 2.05) is 42.3 Å². The first-order chi connectivity index (χ1) is 13.1. The van der Waals surface area contributed by atoms with E-state index < -0.39 is 0 Å². The molecule has 3 rings (SSSR count). The number of ether oxygens (including phenoxy) is 1. The molecule has 2 amide bonds. The molecule has 2 aliphatic heterocycles. The van der Waals surface area contributed by atoms with Crippen molar-refractivity contribution in [1.82, 2.24) is 19.6 Å². The number of morpholine rings is 1. The van der Waals surface area contributed by atoms with Crippen LogP contribution in [0.4, 0.5) is 0 Å². The molecule has 2 saturated heterocycles. The Kier molecular flexibility index (Phi) is 7.20. The Morgan fingerprint density at radius 2 is 1.56 bits per heavy atom. The second-order valence-corrected chi connectivity index (χ2v) is 7.28. The SMILES string of the molecule is CN(Cc1ccccc1)C(=O)CN1CCN(C(=O)CN2CCOCC2)CC1. The fraction of sp³-hybridized carbons (Fsp3) is 0.600. The summed E-state index contributed by atoms with van der Waals surface area (Å²) in [6, 6.07) is 10.0. The molecule has 0 unspecified atom stereocenters. The van der Waals surface area contributed by atoms with E-state index in [1.54, 1.807) is 4.90 Å². The third-order valence-electron chi connectivity index (χ3n) is 5.23. The largest absolute Gasteiger partial charge is 0.379 e. The predicted octanol–water partition coefficient (Wildman–Crippen LogP) is 0.121. The molecule has 0 spiro atoms. The third-order valence-corrected chi connectivity index (χ3v) is 5.23. The maximum atomic E-state index is 12.5. The first-order valence-electron chi connectivity index (χ1n) is 9.70. The van der Waals surface area contributed by atoms with Crippen molar-refractivity contribution in [2.24, 2.45) is 0 Å². The van der Waals surface area contributed by atoms with Crippen LogP contribution in [0, 0.1) is 0 Å². The number of hydrogen-bond acceptors (Lipinski definition) is 5. The van der Waals surface area contributed by atoms with Crippen LogP contribution in [0.25, 0.3) is 0 Å². The van der Waals surface area contributed by atoms with Crippen molar-refractivity contribution in [3.63, 3.8) is 0 Å². The van der Waals surface area contributed by atoms with Gasteiger partial charge in [-0.3, -0.25) is 19.4 Å². The van der Waals surface area contributed by atoms with Crippen LogP contribution >= 0.6 is 0 Å². The van der Waals surface area contributed by atoms with E-state index in [0.29, 0.717) is 45.9 Å². The van der Waals surface area contributed by atoms with Gasteiger partial charge < -0.3 is 14.5 Å². The highest BCUT2D eigenvalue weighted by atomic mass is 16.5. The minimum atomic E-state index is 0.118. The fourth-order valence-electron chi connectivity index (χ4n) is 3.46. The molecule has 0 aromatic heterocycles. The summed E-state index contributed by atoms with van der Waals surface area (Å²) in [4.78, 5) is 32.9. The van der Waals surface area contributed by atoms with Gasteiger partial charge >= 0.3 is 0 Å². The van der Waals surface area contributed by atoms with E-state index in [9.17, 15) is 9.59 Å². The van der Waals surface area contributed by atoms with Crippen LogP contribution in [0.3, 0.4) is 0 Å². The number of amides is 2. The predicted molar refractivity (Wildman–Crippen MR) is 103 cm³/mol. The van der Waals surface area contributed by atoms with E-state index in [2.05, 4.69) is 9.80 Å². The molecule has 2 fully saturated rings. The van der Waals surface area contributed by atoms with Gasteiger partial charge in [-0.1, -0.05) is 30.3 Å². The molecule has 1 aromatic rings. The molecule has 7 nitrogen and oxygen atoms in total. The van der Waals surface area contributed by atoms with Gasteiger partial charge in [0.25, 0.3) is 0 Å². The number of carbonyl (C=O) groups is 2. The Balaban J connectivity index is 1.38. The highest BCUT2D eigenvalue weighted by Crippen LogP contribution is 2.07. The fourth-order valence-corrected chi connectivity index (χ4v) is 3.46. The van der Waals surface area contributed by atoms with Gasteiger partial charge in [-0.05, 0) is 5.56 Å². The minimum Gasteiger partial charge on any atom is -0.379 e. The summed E-state index contributed by atoms with van der Waals surface area (Å²) in [5, 5.41) is 0. The molecule has 27 heavy (non-hydrogen) atoms. The smallest absolute Gasteiger partial charge is 0.236 e. The van der Waals surface area contributed by atoms with Crippen LogP contribution in [0.5, 0.6) is 0 Å². The van der Waals surface area contributed by atoms with Crippen LogP contribution < -0.4 is 0 Å². The van der Waals surface area contributed by atoms with Crippen molar-refractivity contribution in [2.75, 3.05) is 72.6 Å². The highest BCUT2D eigenvalue weighted by Gasteiger charge is 2.25. The zero-order valence-electron chi connectivity index (χ0n) is 16.2. The number of carbonyl (C=O) groups excluding carboxylic acids is 2. The van der Waals surface area contributed by atoms with E-state index in [-0.39, 0.29) is 11.8 Å². The second kappa shape index (κ2) is 9.82. The Morgan fingerprint density at radius 1 is 0.926 bits per heavy atom. The van der Waals surface area contributed by atoms with Gasteiger partial charge in [0.15, 0.2) is 0 Å². The van der Waals surface area contributed by atoms with Crippen molar-refractivity contribution in [3.8, 4) is 0 Å². The summed E-state index contributed by atoms with van der Waals surface area (Å²) >= 11 is 0. The van der Waals surface area contributed by atoms with Crippen LogP contribution in [0.15, 0.2) is 30.3 Å². The van der Waals surface area contributed by atoms with Crippen molar-refractivity contribution < 1.29 is 14.3 Å².